The maximum Gasteiger partial charge on any atom is 0.286 e. The molecule has 2 aliphatic rings. The van der Waals surface area contributed by atoms with Crippen molar-refractivity contribution < 1.29 is 23.9 Å². The normalized spacial score (nSPS) is 18.3. The second-order valence-electron chi connectivity index (χ2n) is 6.87. The Morgan fingerprint density at radius 3 is 2.69 bits per heavy atom. The van der Waals surface area contributed by atoms with Gasteiger partial charge >= 0.3 is 0 Å². The molecule has 150 valence electrons. The summed E-state index contributed by atoms with van der Waals surface area (Å²) in [6.07, 6.45) is 0.487. The van der Waals surface area contributed by atoms with Crippen LogP contribution in [0.25, 0.3) is 0 Å². The van der Waals surface area contributed by atoms with E-state index < -0.39 is 0 Å². The minimum Gasteiger partial charge on any atom is -0.492 e. The number of rotatable bonds is 6. The number of imide groups is 1. The number of carbonyl (C=O) groups excluding carboxylic acids is 3. The highest BCUT2D eigenvalue weighted by molar-refractivity contribution is 8.15. The average Bonchev–Trinajstić information content (AvgIpc) is 3.02. The van der Waals surface area contributed by atoms with Crippen LogP contribution in [0.1, 0.15) is 21.5 Å². The van der Waals surface area contributed by atoms with Gasteiger partial charge in [0, 0.05) is 0 Å². The first-order valence-corrected chi connectivity index (χ1v) is 10.1. The number of nitrogens with zero attached hydrogens (tertiary/aromatic N) is 1. The molecular weight excluding hydrogens is 392 g/mol. The van der Waals surface area contributed by atoms with Gasteiger partial charge in [-0.1, -0.05) is 36.0 Å². The van der Waals surface area contributed by atoms with E-state index in [1.54, 1.807) is 11.0 Å². The zero-order chi connectivity index (χ0) is 20.4. The molecule has 8 heteroatoms. The van der Waals surface area contributed by atoms with Crippen LogP contribution < -0.4 is 14.8 Å². The maximum atomic E-state index is 12.7. The van der Waals surface area contributed by atoms with Gasteiger partial charge in [-0.25, -0.2) is 0 Å². The first-order chi connectivity index (χ1) is 14.0. The van der Waals surface area contributed by atoms with Crippen LogP contribution >= 0.6 is 11.8 Å². The standard InChI is InChI=1S/C21H20N2O5S/c1-13-3-2-4-16-18(13)20(25)23(12-28-16)9-10-27-15-7-5-14(6-8-15)11-17-19(24)22-21(26)29-17/h2-8,17H,9-12H2,1H3,(H,22,24,26). The number of ether oxygens (including phenoxy) is 2. The third kappa shape index (κ3) is 4.22. The van der Waals surface area contributed by atoms with Gasteiger partial charge < -0.3 is 14.4 Å². The molecule has 1 atom stereocenters. The number of thioether (sulfide) groups is 1. The lowest BCUT2D eigenvalue weighted by molar-refractivity contribution is -0.118. The minimum absolute atomic E-state index is 0.0508. The summed E-state index contributed by atoms with van der Waals surface area (Å²) < 4.78 is 11.4. The average molecular weight is 412 g/mol. The summed E-state index contributed by atoms with van der Waals surface area (Å²) in [7, 11) is 0. The number of amides is 3. The summed E-state index contributed by atoms with van der Waals surface area (Å²) in [4.78, 5) is 37.2. The lowest BCUT2D eigenvalue weighted by atomic mass is 10.1. The zero-order valence-corrected chi connectivity index (χ0v) is 16.7. The van der Waals surface area contributed by atoms with Gasteiger partial charge in [-0.2, -0.15) is 0 Å². The molecule has 0 radical (unpaired) electrons. The summed E-state index contributed by atoms with van der Waals surface area (Å²) in [5, 5.41) is 1.61. The number of fused-ring (bicyclic) bond motifs is 1. The lowest BCUT2D eigenvalue weighted by Gasteiger charge is -2.29. The Bertz CT molecular complexity index is 960. The van der Waals surface area contributed by atoms with E-state index in [2.05, 4.69) is 5.32 Å². The van der Waals surface area contributed by atoms with E-state index in [9.17, 15) is 14.4 Å². The zero-order valence-electron chi connectivity index (χ0n) is 15.8. The van der Waals surface area contributed by atoms with Crippen LogP contribution in [0.2, 0.25) is 0 Å². The molecule has 29 heavy (non-hydrogen) atoms. The molecule has 0 aliphatic carbocycles. The van der Waals surface area contributed by atoms with E-state index in [1.807, 2.05) is 43.3 Å². The predicted molar refractivity (Wildman–Crippen MR) is 108 cm³/mol. The second kappa shape index (κ2) is 8.16. The highest BCUT2D eigenvalue weighted by Crippen LogP contribution is 2.27. The van der Waals surface area contributed by atoms with Gasteiger partial charge in [0.05, 0.1) is 17.4 Å². The van der Waals surface area contributed by atoms with E-state index in [-0.39, 0.29) is 29.0 Å². The van der Waals surface area contributed by atoms with Crippen LogP contribution in [-0.4, -0.2) is 47.1 Å². The van der Waals surface area contributed by atoms with E-state index in [1.165, 1.54) is 0 Å². The van der Waals surface area contributed by atoms with Crippen molar-refractivity contribution in [1.82, 2.24) is 10.2 Å². The molecule has 3 amide bonds. The van der Waals surface area contributed by atoms with Gasteiger partial charge in [-0.15, -0.1) is 0 Å². The smallest absolute Gasteiger partial charge is 0.286 e. The molecular formula is C21H20N2O5S. The number of benzene rings is 2. The third-order valence-electron chi connectivity index (χ3n) is 4.85. The fourth-order valence-corrected chi connectivity index (χ4v) is 4.16. The van der Waals surface area contributed by atoms with Crippen LogP contribution in [0.5, 0.6) is 11.5 Å². The summed E-state index contributed by atoms with van der Waals surface area (Å²) in [6.45, 7) is 2.85. The number of carbonyl (C=O) groups is 3. The topological polar surface area (TPSA) is 84.9 Å². The largest absolute Gasteiger partial charge is 0.492 e. The van der Waals surface area contributed by atoms with E-state index in [0.29, 0.717) is 36.6 Å². The van der Waals surface area contributed by atoms with Crippen molar-refractivity contribution in [3.05, 3.63) is 59.2 Å². The van der Waals surface area contributed by atoms with Crippen molar-refractivity contribution in [3.63, 3.8) is 0 Å². The number of nitrogens with one attached hydrogen (secondary N) is 1. The Morgan fingerprint density at radius 1 is 1.17 bits per heavy atom. The molecule has 2 aromatic rings. The molecule has 1 fully saturated rings. The first kappa shape index (κ1) is 19.3. The van der Waals surface area contributed by atoms with Gasteiger partial charge in [0.25, 0.3) is 11.1 Å². The van der Waals surface area contributed by atoms with Crippen LogP contribution in [0.15, 0.2) is 42.5 Å². The molecule has 1 unspecified atom stereocenters. The number of hydrogen-bond acceptors (Lipinski definition) is 6. The summed E-state index contributed by atoms with van der Waals surface area (Å²) in [5.74, 6) is 1.00. The van der Waals surface area contributed by atoms with Crippen LogP contribution in [0.4, 0.5) is 4.79 Å². The second-order valence-corrected chi connectivity index (χ2v) is 8.05. The third-order valence-corrected chi connectivity index (χ3v) is 5.83. The fraction of sp³-hybridized carbons (Fsp3) is 0.286. The van der Waals surface area contributed by atoms with Crippen molar-refractivity contribution >= 4 is 28.8 Å². The molecule has 2 aromatic carbocycles. The molecule has 2 aliphatic heterocycles. The Hall–Kier alpha value is -3.00. The van der Waals surface area contributed by atoms with Gasteiger partial charge in [0.1, 0.15) is 18.1 Å². The Morgan fingerprint density at radius 2 is 1.97 bits per heavy atom. The van der Waals surface area contributed by atoms with E-state index >= 15 is 0 Å². The first-order valence-electron chi connectivity index (χ1n) is 9.26. The molecule has 0 aromatic heterocycles. The Kier molecular flexibility index (Phi) is 5.44. The van der Waals surface area contributed by atoms with Crippen molar-refractivity contribution in [2.45, 2.75) is 18.6 Å². The van der Waals surface area contributed by atoms with Crippen molar-refractivity contribution in [2.75, 3.05) is 19.9 Å². The lowest BCUT2D eigenvalue weighted by Crippen LogP contribution is -2.41. The molecule has 1 N–H and O–H groups in total. The highest BCUT2D eigenvalue weighted by Gasteiger charge is 2.31. The fourth-order valence-electron chi connectivity index (χ4n) is 3.30. The predicted octanol–water partition coefficient (Wildman–Crippen LogP) is 2.76. The van der Waals surface area contributed by atoms with Crippen molar-refractivity contribution in [2.24, 2.45) is 0 Å². The molecule has 7 nitrogen and oxygen atoms in total. The summed E-state index contributed by atoms with van der Waals surface area (Å²) in [5.41, 5.74) is 2.45. The molecule has 2 heterocycles. The van der Waals surface area contributed by atoms with Gasteiger partial charge in [-0.3, -0.25) is 19.7 Å². The molecule has 1 saturated heterocycles. The van der Waals surface area contributed by atoms with E-state index in [0.717, 1.165) is 22.9 Å². The van der Waals surface area contributed by atoms with Crippen LogP contribution in [-0.2, 0) is 11.2 Å². The maximum absolute atomic E-state index is 12.7. The molecule has 0 saturated carbocycles. The SMILES string of the molecule is Cc1cccc2c1C(=O)N(CCOc1ccc(CC3SC(=O)NC3=O)cc1)CO2. The van der Waals surface area contributed by atoms with Crippen LogP contribution in [0, 0.1) is 6.92 Å². The molecule has 4 rings (SSSR count). The van der Waals surface area contributed by atoms with Crippen molar-refractivity contribution in [1.29, 1.82) is 0 Å². The Labute approximate surface area is 172 Å². The quantitative estimate of drug-likeness (QED) is 0.785. The summed E-state index contributed by atoms with van der Waals surface area (Å²) >= 11 is 1.02. The van der Waals surface area contributed by atoms with Crippen molar-refractivity contribution in [3.8, 4) is 11.5 Å². The number of aryl methyl sites for hydroxylation is 1. The van der Waals surface area contributed by atoms with Gasteiger partial charge in [0.15, 0.2) is 6.73 Å². The van der Waals surface area contributed by atoms with Crippen LogP contribution in [0.3, 0.4) is 0 Å². The van der Waals surface area contributed by atoms with E-state index in [4.69, 9.17) is 9.47 Å². The molecule has 0 spiro atoms. The minimum atomic E-state index is -0.384. The number of hydrogen-bond donors (Lipinski definition) is 1. The van der Waals surface area contributed by atoms with Gasteiger partial charge in [0.2, 0.25) is 5.91 Å². The summed E-state index contributed by atoms with van der Waals surface area (Å²) in [6, 6.07) is 13.0. The Balaban J connectivity index is 1.29. The van der Waals surface area contributed by atoms with Gasteiger partial charge in [-0.05, 0) is 42.7 Å². The monoisotopic (exact) mass is 412 g/mol. The highest BCUT2D eigenvalue weighted by atomic mass is 32.2. The molecule has 0 bridgehead atoms.